The molecule has 0 aliphatic carbocycles. The zero-order chi connectivity index (χ0) is 18.9. The first-order valence-corrected chi connectivity index (χ1v) is 10.4. The molecule has 0 radical (unpaired) electrons. The van der Waals surface area contributed by atoms with Crippen molar-refractivity contribution in [3.63, 3.8) is 0 Å². The van der Waals surface area contributed by atoms with Crippen LogP contribution in [0.3, 0.4) is 0 Å². The van der Waals surface area contributed by atoms with Gasteiger partial charge in [-0.15, -0.1) is 23.1 Å². The van der Waals surface area contributed by atoms with Crippen molar-refractivity contribution < 1.29 is 19.1 Å². The van der Waals surface area contributed by atoms with Gasteiger partial charge in [-0.3, -0.25) is 14.4 Å². The molecule has 8 heteroatoms. The van der Waals surface area contributed by atoms with E-state index in [4.69, 9.17) is 4.74 Å². The van der Waals surface area contributed by atoms with Crippen LogP contribution < -0.4 is 5.32 Å². The van der Waals surface area contributed by atoms with E-state index in [-0.39, 0.29) is 24.1 Å². The summed E-state index contributed by atoms with van der Waals surface area (Å²) in [5.74, 6) is -0.566. The first-order chi connectivity index (χ1) is 12.4. The molecule has 0 atom stereocenters. The highest BCUT2D eigenvalue weighted by Crippen LogP contribution is 2.21. The summed E-state index contributed by atoms with van der Waals surface area (Å²) >= 11 is 6.07. The number of benzene rings is 1. The average Bonchev–Trinajstić information content (AvgIpc) is 3.08. The van der Waals surface area contributed by atoms with Crippen molar-refractivity contribution in [1.29, 1.82) is 0 Å². The average molecular weight is 456 g/mol. The van der Waals surface area contributed by atoms with Crippen molar-refractivity contribution in [3.8, 4) is 0 Å². The standard InChI is InChI=1S/C18H18BrNO4S2/c1-12(21)20-9-8-15-6-7-17(26-15)16(22)10-24-18(23)11-25-14-4-2-13(19)3-5-14/h2-7H,8-11H2,1H3,(H,20,21). The molecular weight excluding hydrogens is 438 g/mol. The molecule has 1 N–H and O–H groups in total. The van der Waals surface area contributed by atoms with Gasteiger partial charge < -0.3 is 10.1 Å². The monoisotopic (exact) mass is 455 g/mol. The first kappa shape index (κ1) is 20.7. The van der Waals surface area contributed by atoms with Crippen molar-refractivity contribution in [2.24, 2.45) is 0 Å². The van der Waals surface area contributed by atoms with Crippen LogP contribution in [0.15, 0.2) is 45.8 Å². The van der Waals surface area contributed by atoms with E-state index in [1.165, 1.54) is 30.0 Å². The van der Waals surface area contributed by atoms with E-state index >= 15 is 0 Å². The molecule has 0 spiro atoms. The molecule has 1 aromatic heterocycles. The number of halogens is 1. The number of nitrogens with one attached hydrogen (secondary N) is 1. The van der Waals surface area contributed by atoms with Crippen LogP contribution in [0.25, 0.3) is 0 Å². The Balaban J connectivity index is 1.72. The van der Waals surface area contributed by atoms with Crippen molar-refractivity contribution in [2.45, 2.75) is 18.2 Å². The number of esters is 1. The smallest absolute Gasteiger partial charge is 0.316 e. The molecule has 0 fully saturated rings. The second kappa shape index (κ2) is 10.5. The maximum atomic E-state index is 12.1. The van der Waals surface area contributed by atoms with Gasteiger partial charge in [0.25, 0.3) is 0 Å². The normalized spacial score (nSPS) is 10.4. The lowest BCUT2D eigenvalue weighted by molar-refractivity contribution is -0.139. The number of carbonyl (C=O) groups is 3. The minimum atomic E-state index is -0.422. The van der Waals surface area contributed by atoms with E-state index in [1.54, 1.807) is 6.07 Å². The molecule has 1 amide bonds. The molecule has 1 aromatic carbocycles. The molecule has 0 unspecified atom stereocenters. The van der Waals surface area contributed by atoms with Crippen LogP contribution in [-0.2, 0) is 20.7 Å². The zero-order valence-corrected chi connectivity index (χ0v) is 17.3. The lowest BCUT2D eigenvalue weighted by Crippen LogP contribution is -2.22. The van der Waals surface area contributed by atoms with Gasteiger partial charge in [0.1, 0.15) is 0 Å². The molecule has 5 nitrogen and oxygen atoms in total. The molecule has 0 aliphatic heterocycles. The van der Waals surface area contributed by atoms with Gasteiger partial charge in [-0.25, -0.2) is 0 Å². The number of carbonyl (C=O) groups excluding carboxylic acids is 3. The molecule has 0 saturated heterocycles. The molecule has 138 valence electrons. The number of hydrogen-bond donors (Lipinski definition) is 1. The summed E-state index contributed by atoms with van der Waals surface area (Å²) in [7, 11) is 0. The summed E-state index contributed by atoms with van der Waals surface area (Å²) in [5.41, 5.74) is 0. The Morgan fingerprint density at radius 2 is 1.88 bits per heavy atom. The third-order valence-electron chi connectivity index (χ3n) is 3.22. The summed E-state index contributed by atoms with van der Waals surface area (Å²) in [6.45, 7) is 1.74. The maximum Gasteiger partial charge on any atom is 0.316 e. The highest BCUT2D eigenvalue weighted by molar-refractivity contribution is 9.10. The van der Waals surface area contributed by atoms with E-state index < -0.39 is 5.97 Å². The lowest BCUT2D eigenvalue weighted by Gasteiger charge is -2.04. The summed E-state index contributed by atoms with van der Waals surface area (Å²) in [6, 6.07) is 11.2. The summed E-state index contributed by atoms with van der Waals surface area (Å²) in [6.07, 6.45) is 0.668. The molecule has 2 rings (SSSR count). The van der Waals surface area contributed by atoms with E-state index in [1.807, 2.05) is 30.3 Å². The number of Topliss-reactive ketones (excluding diaryl/α,β-unsaturated/α-hetero) is 1. The van der Waals surface area contributed by atoms with Crippen LogP contribution in [-0.4, -0.2) is 36.6 Å². The van der Waals surface area contributed by atoms with Crippen LogP contribution in [0.5, 0.6) is 0 Å². The fourth-order valence-corrected chi connectivity index (χ4v) is 3.85. The van der Waals surface area contributed by atoms with E-state index in [0.29, 0.717) is 17.8 Å². The molecule has 1 heterocycles. The summed E-state index contributed by atoms with van der Waals surface area (Å²) in [4.78, 5) is 37.2. The van der Waals surface area contributed by atoms with Crippen molar-refractivity contribution >= 4 is 56.7 Å². The topological polar surface area (TPSA) is 72.5 Å². The SMILES string of the molecule is CC(=O)NCCc1ccc(C(=O)COC(=O)CSc2ccc(Br)cc2)s1. The quantitative estimate of drug-likeness (QED) is 0.354. The van der Waals surface area contributed by atoms with Gasteiger partial charge >= 0.3 is 5.97 Å². The van der Waals surface area contributed by atoms with E-state index in [2.05, 4.69) is 21.2 Å². The molecule has 2 aromatic rings. The predicted molar refractivity (Wildman–Crippen MR) is 107 cm³/mol. The van der Waals surface area contributed by atoms with Gasteiger partial charge in [0.15, 0.2) is 6.61 Å². The van der Waals surface area contributed by atoms with Crippen LogP contribution >= 0.6 is 39.0 Å². The van der Waals surface area contributed by atoms with Crippen LogP contribution in [0.1, 0.15) is 21.5 Å². The van der Waals surface area contributed by atoms with Gasteiger partial charge in [0, 0.05) is 27.7 Å². The second-order valence-corrected chi connectivity index (χ2v) is 8.46. The molecule has 0 saturated carbocycles. The number of ether oxygens (including phenoxy) is 1. The van der Waals surface area contributed by atoms with Gasteiger partial charge in [-0.1, -0.05) is 15.9 Å². The number of hydrogen-bond acceptors (Lipinski definition) is 6. The van der Waals surface area contributed by atoms with E-state index in [0.717, 1.165) is 14.2 Å². The Bertz CT molecular complexity index is 774. The fraction of sp³-hybridized carbons (Fsp3) is 0.278. The van der Waals surface area contributed by atoms with Crippen molar-refractivity contribution in [1.82, 2.24) is 5.32 Å². The Kier molecular flexibility index (Phi) is 8.34. The van der Waals surface area contributed by atoms with Crippen molar-refractivity contribution in [2.75, 3.05) is 18.9 Å². The largest absolute Gasteiger partial charge is 0.457 e. The van der Waals surface area contributed by atoms with E-state index in [9.17, 15) is 14.4 Å². The number of thiophene rings is 1. The Labute approximate surface area is 168 Å². The van der Waals surface area contributed by atoms with Gasteiger partial charge in [-0.05, 0) is 42.8 Å². The minimum absolute atomic E-state index is 0.0780. The van der Waals surface area contributed by atoms with Gasteiger partial charge in [-0.2, -0.15) is 0 Å². The third-order valence-corrected chi connectivity index (χ3v) is 5.92. The van der Waals surface area contributed by atoms with Gasteiger partial charge in [0.05, 0.1) is 10.6 Å². The minimum Gasteiger partial charge on any atom is -0.457 e. The number of rotatable bonds is 9. The Hall–Kier alpha value is -1.64. The number of thioether (sulfide) groups is 1. The number of amides is 1. The third kappa shape index (κ3) is 7.31. The zero-order valence-electron chi connectivity index (χ0n) is 14.1. The number of ketones is 1. The van der Waals surface area contributed by atoms with Crippen molar-refractivity contribution in [3.05, 3.63) is 50.6 Å². The molecular formula is C18H18BrNO4S2. The summed E-state index contributed by atoms with van der Waals surface area (Å²) < 4.78 is 6.03. The predicted octanol–water partition coefficient (Wildman–Crippen LogP) is 3.71. The summed E-state index contributed by atoms with van der Waals surface area (Å²) in [5, 5.41) is 2.71. The van der Waals surface area contributed by atoms with Gasteiger partial charge in [0.2, 0.25) is 11.7 Å². The Morgan fingerprint density at radius 1 is 1.15 bits per heavy atom. The lowest BCUT2D eigenvalue weighted by atomic mass is 10.3. The van der Waals surface area contributed by atoms with Crippen LogP contribution in [0.2, 0.25) is 0 Å². The highest BCUT2D eigenvalue weighted by Gasteiger charge is 2.13. The van der Waals surface area contributed by atoms with Crippen LogP contribution in [0.4, 0.5) is 0 Å². The van der Waals surface area contributed by atoms with Crippen LogP contribution in [0, 0.1) is 0 Å². The first-order valence-electron chi connectivity index (χ1n) is 7.84. The molecule has 0 aliphatic rings. The fourth-order valence-electron chi connectivity index (χ4n) is 1.96. The molecule has 0 bridgehead atoms. The maximum absolute atomic E-state index is 12.1. The Morgan fingerprint density at radius 3 is 2.58 bits per heavy atom. The second-order valence-electron chi connectivity index (χ2n) is 5.33. The molecule has 26 heavy (non-hydrogen) atoms. The highest BCUT2D eigenvalue weighted by atomic mass is 79.9.